The average molecular weight is 697 g/mol. The van der Waals surface area contributed by atoms with E-state index in [1.165, 1.54) is 4.90 Å². The van der Waals surface area contributed by atoms with Crippen LogP contribution in [-0.2, 0) is 39.2 Å². The molecule has 4 aromatic carbocycles. The number of nitrogens with zero attached hydrogens (tertiary/aromatic N) is 2. The van der Waals surface area contributed by atoms with Crippen molar-refractivity contribution < 1.29 is 22.7 Å². The second kappa shape index (κ2) is 16.7. The van der Waals surface area contributed by atoms with Gasteiger partial charge in [-0.3, -0.25) is 13.9 Å². The highest BCUT2D eigenvalue weighted by Crippen LogP contribution is 2.26. The standard InChI is InChI=1S/C36H39Cl2N3O5S/c1-4-26(2)39-36(43)34(22-27-11-7-5-8-12-27)40(23-29-15-20-32(37)33(38)21-29)35(42)24-41(47(3,44)45)30-16-18-31(19-17-30)46-25-28-13-9-6-10-14-28/h5-21,26,34H,4,22-25H2,1-3H3,(H,39,43)/t26-,34+/m1/s1. The van der Waals surface area contributed by atoms with Crippen LogP contribution in [0, 0.1) is 0 Å². The van der Waals surface area contributed by atoms with Crippen molar-refractivity contribution >= 4 is 50.7 Å². The van der Waals surface area contributed by atoms with Gasteiger partial charge in [-0.05, 0) is 66.4 Å². The van der Waals surface area contributed by atoms with Gasteiger partial charge in [-0.15, -0.1) is 0 Å². The minimum absolute atomic E-state index is 0.00891. The lowest BCUT2D eigenvalue weighted by molar-refractivity contribution is -0.140. The summed E-state index contributed by atoms with van der Waals surface area (Å²) in [5.41, 5.74) is 2.75. The minimum atomic E-state index is -3.92. The third-order valence-corrected chi connectivity index (χ3v) is 9.54. The van der Waals surface area contributed by atoms with Gasteiger partial charge in [-0.2, -0.15) is 0 Å². The van der Waals surface area contributed by atoms with Crippen LogP contribution in [0.4, 0.5) is 5.69 Å². The molecule has 47 heavy (non-hydrogen) atoms. The highest BCUT2D eigenvalue weighted by atomic mass is 35.5. The monoisotopic (exact) mass is 695 g/mol. The van der Waals surface area contributed by atoms with Gasteiger partial charge in [-0.1, -0.05) is 96.9 Å². The molecule has 0 heterocycles. The zero-order valence-electron chi connectivity index (χ0n) is 26.6. The zero-order valence-corrected chi connectivity index (χ0v) is 28.9. The summed E-state index contributed by atoms with van der Waals surface area (Å²) in [6.07, 6.45) is 1.94. The van der Waals surface area contributed by atoms with E-state index in [4.69, 9.17) is 27.9 Å². The second-order valence-electron chi connectivity index (χ2n) is 11.3. The largest absolute Gasteiger partial charge is 0.489 e. The Bertz CT molecular complexity index is 1740. The molecule has 0 fully saturated rings. The predicted octanol–water partition coefficient (Wildman–Crippen LogP) is 6.89. The van der Waals surface area contributed by atoms with Crippen LogP contribution in [0.2, 0.25) is 10.0 Å². The number of anilines is 1. The molecule has 0 saturated carbocycles. The molecule has 4 rings (SSSR count). The van der Waals surface area contributed by atoms with Gasteiger partial charge in [0.1, 0.15) is 24.9 Å². The lowest BCUT2D eigenvalue weighted by Gasteiger charge is -2.34. The quantitative estimate of drug-likeness (QED) is 0.146. The zero-order chi connectivity index (χ0) is 34.0. The number of hydrogen-bond acceptors (Lipinski definition) is 5. The maximum Gasteiger partial charge on any atom is 0.244 e. The number of halogens is 2. The summed E-state index contributed by atoms with van der Waals surface area (Å²) in [5.74, 6) is -0.364. The van der Waals surface area contributed by atoms with Gasteiger partial charge in [0.25, 0.3) is 0 Å². The number of hydrogen-bond donors (Lipinski definition) is 1. The molecular weight excluding hydrogens is 657 g/mol. The van der Waals surface area contributed by atoms with Crippen molar-refractivity contribution in [1.82, 2.24) is 10.2 Å². The first-order chi connectivity index (χ1) is 22.4. The molecule has 0 spiro atoms. The van der Waals surface area contributed by atoms with Crippen molar-refractivity contribution in [2.75, 3.05) is 17.1 Å². The van der Waals surface area contributed by atoms with Crippen LogP contribution in [0.15, 0.2) is 103 Å². The molecule has 0 aliphatic heterocycles. The molecule has 0 saturated heterocycles. The van der Waals surface area contributed by atoms with Crippen molar-refractivity contribution in [1.29, 1.82) is 0 Å². The van der Waals surface area contributed by atoms with Crippen LogP contribution in [0.25, 0.3) is 0 Å². The molecule has 0 radical (unpaired) electrons. The molecule has 0 unspecified atom stereocenters. The van der Waals surface area contributed by atoms with Crippen molar-refractivity contribution in [3.05, 3.63) is 130 Å². The van der Waals surface area contributed by atoms with E-state index in [0.717, 1.165) is 21.7 Å². The molecule has 0 aliphatic carbocycles. The van der Waals surface area contributed by atoms with E-state index in [-0.39, 0.29) is 30.6 Å². The molecule has 2 atom stereocenters. The first-order valence-corrected chi connectivity index (χ1v) is 17.9. The molecule has 1 N–H and O–H groups in total. The summed E-state index contributed by atoms with van der Waals surface area (Å²) in [5, 5.41) is 3.66. The Morgan fingerprint density at radius 1 is 0.830 bits per heavy atom. The average Bonchev–Trinajstić information content (AvgIpc) is 3.06. The van der Waals surface area contributed by atoms with Crippen LogP contribution in [0.5, 0.6) is 5.75 Å². The highest BCUT2D eigenvalue weighted by molar-refractivity contribution is 7.92. The van der Waals surface area contributed by atoms with Gasteiger partial charge in [-0.25, -0.2) is 8.42 Å². The fourth-order valence-corrected chi connectivity index (χ4v) is 6.06. The summed E-state index contributed by atoms with van der Waals surface area (Å²) in [6.45, 7) is 3.65. The highest BCUT2D eigenvalue weighted by Gasteiger charge is 2.33. The van der Waals surface area contributed by atoms with E-state index in [9.17, 15) is 18.0 Å². The van der Waals surface area contributed by atoms with Gasteiger partial charge in [0.05, 0.1) is 22.0 Å². The maximum atomic E-state index is 14.3. The molecule has 0 bridgehead atoms. The van der Waals surface area contributed by atoms with Gasteiger partial charge < -0.3 is 15.0 Å². The Balaban J connectivity index is 1.66. The Labute approximate surface area is 287 Å². The van der Waals surface area contributed by atoms with E-state index < -0.39 is 28.5 Å². The third-order valence-electron chi connectivity index (χ3n) is 7.66. The topological polar surface area (TPSA) is 96.0 Å². The molecule has 248 valence electrons. The van der Waals surface area contributed by atoms with E-state index >= 15 is 0 Å². The summed E-state index contributed by atoms with van der Waals surface area (Å²) in [4.78, 5) is 29.6. The van der Waals surface area contributed by atoms with Crippen molar-refractivity contribution in [2.24, 2.45) is 0 Å². The Morgan fingerprint density at radius 2 is 1.45 bits per heavy atom. The van der Waals surface area contributed by atoms with Crippen LogP contribution >= 0.6 is 23.2 Å². The second-order valence-corrected chi connectivity index (χ2v) is 14.1. The fraction of sp³-hybridized carbons (Fsp3) is 0.278. The van der Waals surface area contributed by atoms with Crippen molar-refractivity contribution in [3.8, 4) is 5.75 Å². The Hall–Kier alpha value is -4.05. The smallest absolute Gasteiger partial charge is 0.244 e. The number of amides is 2. The van der Waals surface area contributed by atoms with Gasteiger partial charge in [0.2, 0.25) is 21.8 Å². The number of sulfonamides is 1. The molecule has 2 amide bonds. The fourth-order valence-electron chi connectivity index (χ4n) is 4.89. The molecule has 0 aromatic heterocycles. The summed E-state index contributed by atoms with van der Waals surface area (Å²) in [6, 6.07) is 29.4. The predicted molar refractivity (Wildman–Crippen MR) is 188 cm³/mol. The lowest BCUT2D eigenvalue weighted by Crippen LogP contribution is -2.54. The summed E-state index contributed by atoms with van der Waals surface area (Å²) >= 11 is 12.5. The maximum absolute atomic E-state index is 14.3. The van der Waals surface area contributed by atoms with E-state index in [2.05, 4.69) is 5.32 Å². The number of benzene rings is 4. The number of carbonyl (C=O) groups excluding carboxylic acids is 2. The molecule has 8 nitrogen and oxygen atoms in total. The van der Waals surface area contributed by atoms with E-state index in [1.54, 1.807) is 42.5 Å². The van der Waals surface area contributed by atoms with Crippen molar-refractivity contribution in [2.45, 2.75) is 51.9 Å². The molecule has 0 aliphatic rings. The number of carbonyl (C=O) groups is 2. The first kappa shape index (κ1) is 35.8. The third kappa shape index (κ3) is 10.5. The van der Waals surface area contributed by atoms with E-state index in [0.29, 0.717) is 34.4 Å². The van der Waals surface area contributed by atoms with Crippen LogP contribution in [0.3, 0.4) is 0 Å². The van der Waals surface area contributed by atoms with Gasteiger partial charge in [0.15, 0.2) is 0 Å². The van der Waals surface area contributed by atoms with E-state index in [1.807, 2.05) is 74.5 Å². The van der Waals surface area contributed by atoms with Gasteiger partial charge in [0, 0.05) is 19.0 Å². The first-order valence-electron chi connectivity index (χ1n) is 15.3. The molecular formula is C36H39Cl2N3O5S. The van der Waals surface area contributed by atoms with Gasteiger partial charge >= 0.3 is 0 Å². The number of ether oxygens (including phenoxy) is 1. The van der Waals surface area contributed by atoms with Crippen LogP contribution < -0.4 is 14.4 Å². The Morgan fingerprint density at radius 3 is 2.02 bits per heavy atom. The number of nitrogens with one attached hydrogen (secondary N) is 1. The molecule has 4 aromatic rings. The minimum Gasteiger partial charge on any atom is -0.489 e. The summed E-state index contributed by atoms with van der Waals surface area (Å²) in [7, 11) is -3.92. The Kier molecular flexibility index (Phi) is 12.7. The normalized spacial score (nSPS) is 12.5. The SMILES string of the molecule is CC[C@@H](C)NC(=O)[C@H](Cc1ccccc1)N(Cc1ccc(Cl)c(Cl)c1)C(=O)CN(c1ccc(OCc2ccccc2)cc1)S(C)(=O)=O. The number of rotatable bonds is 15. The lowest BCUT2D eigenvalue weighted by atomic mass is 10.0. The summed E-state index contributed by atoms with van der Waals surface area (Å²) < 4.78 is 33.1. The van der Waals surface area contributed by atoms with Crippen LogP contribution in [0.1, 0.15) is 37.0 Å². The molecule has 11 heteroatoms. The van der Waals surface area contributed by atoms with Crippen LogP contribution in [-0.4, -0.2) is 50.0 Å². The van der Waals surface area contributed by atoms with Crippen molar-refractivity contribution in [3.63, 3.8) is 0 Å².